The van der Waals surface area contributed by atoms with Gasteiger partial charge >= 0.3 is 0 Å². The quantitative estimate of drug-likeness (QED) is 0.804. The van der Waals surface area contributed by atoms with Crippen LogP contribution in [0.2, 0.25) is 0 Å². The van der Waals surface area contributed by atoms with Gasteiger partial charge in [-0.2, -0.15) is 0 Å². The van der Waals surface area contributed by atoms with E-state index in [2.05, 4.69) is 49.8 Å². The molecule has 0 spiro atoms. The van der Waals surface area contributed by atoms with Gasteiger partial charge in [-0.3, -0.25) is 0 Å². The van der Waals surface area contributed by atoms with Crippen molar-refractivity contribution in [3.8, 4) is 0 Å². The first-order valence-electron chi connectivity index (χ1n) is 6.75. The summed E-state index contributed by atoms with van der Waals surface area (Å²) in [4.78, 5) is 6.82. The molecule has 2 rings (SSSR count). The van der Waals surface area contributed by atoms with Crippen LogP contribution in [-0.4, -0.2) is 31.3 Å². The van der Waals surface area contributed by atoms with Gasteiger partial charge in [0.05, 0.1) is 0 Å². The Labute approximate surface area is 110 Å². The molecule has 0 aromatic carbocycles. The lowest BCUT2D eigenvalue weighted by Crippen LogP contribution is -2.37. The van der Waals surface area contributed by atoms with E-state index in [1.807, 2.05) is 6.20 Å². The van der Waals surface area contributed by atoms with Crippen LogP contribution < -0.4 is 4.90 Å². The molecule has 1 aromatic heterocycles. The fourth-order valence-electron chi connectivity index (χ4n) is 2.34. The number of aromatic nitrogens is 1. The lowest BCUT2D eigenvalue weighted by atomic mass is 9.87. The fourth-order valence-corrected chi connectivity index (χ4v) is 2.34. The minimum atomic E-state index is 0.175. The second kappa shape index (κ2) is 5.27. The Kier molecular flexibility index (Phi) is 3.91. The molecule has 2 heterocycles. The van der Waals surface area contributed by atoms with Crippen LogP contribution in [0.15, 0.2) is 18.3 Å². The lowest BCUT2D eigenvalue weighted by Gasteiger charge is -2.32. The van der Waals surface area contributed by atoms with Gasteiger partial charge in [-0.15, -0.1) is 0 Å². The molecule has 3 heteroatoms. The van der Waals surface area contributed by atoms with E-state index in [0.717, 1.165) is 31.9 Å². The minimum Gasteiger partial charge on any atom is -0.381 e. The Bertz CT molecular complexity index is 392. The molecule has 1 fully saturated rings. The summed E-state index contributed by atoms with van der Waals surface area (Å²) in [5.41, 5.74) is 1.51. The Morgan fingerprint density at radius 2 is 1.94 bits per heavy atom. The monoisotopic (exact) mass is 248 g/mol. The van der Waals surface area contributed by atoms with Gasteiger partial charge in [-0.05, 0) is 36.0 Å². The molecule has 0 aliphatic carbocycles. The van der Waals surface area contributed by atoms with E-state index in [-0.39, 0.29) is 5.41 Å². The first-order valence-corrected chi connectivity index (χ1v) is 6.75. The van der Waals surface area contributed by atoms with Crippen molar-refractivity contribution in [3.05, 3.63) is 23.9 Å². The van der Waals surface area contributed by atoms with Crippen molar-refractivity contribution in [1.82, 2.24) is 4.98 Å². The van der Waals surface area contributed by atoms with E-state index in [4.69, 9.17) is 4.74 Å². The summed E-state index contributed by atoms with van der Waals surface area (Å²) in [6.45, 7) is 8.45. The van der Waals surface area contributed by atoms with Crippen molar-refractivity contribution in [1.29, 1.82) is 0 Å². The summed E-state index contributed by atoms with van der Waals surface area (Å²) in [6.07, 6.45) is 4.11. The maximum Gasteiger partial charge on any atom is 0.128 e. The molecule has 3 nitrogen and oxygen atoms in total. The number of ether oxygens (including phenoxy) is 1. The van der Waals surface area contributed by atoms with Gasteiger partial charge in [-0.1, -0.05) is 20.8 Å². The molecule has 1 aromatic rings. The minimum absolute atomic E-state index is 0.175. The topological polar surface area (TPSA) is 25.4 Å². The Hall–Kier alpha value is -1.09. The van der Waals surface area contributed by atoms with E-state index >= 15 is 0 Å². The Morgan fingerprint density at radius 3 is 2.56 bits per heavy atom. The lowest BCUT2D eigenvalue weighted by molar-refractivity contribution is 0.0853. The summed E-state index contributed by atoms with van der Waals surface area (Å²) in [5.74, 6) is 1.08. The molecular weight excluding hydrogens is 224 g/mol. The number of hydrogen-bond donors (Lipinski definition) is 0. The standard InChI is InChI=1S/C15H24N2O/c1-15(2,3)12-5-8-16-14(11-12)17(4)13-6-9-18-10-7-13/h5,8,11,13H,6-7,9-10H2,1-4H3. The SMILES string of the molecule is CN(c1cc(C(C)(C)C)ccn1)C1CCOCC1. The third kappa shape index (κ3) is 3.02. The molecule has 1 saturated heterocycles. The van der Waals surface area contributed by atoms with E-state index in [0.29, 0.717) is 6.04 Å². The van der Waals surface area contributed by atoms with Crippen LogP contribution in [-0.2, 0) is 10.2 Å². The van der Waals surface area contributed by atoms with Crippen LogP contribution in [0, 0.1) is 0 Å². The maximum absolute atomic E-state index is 5.42. The molecule has 0 atom stereocenters. The number of hydrogen-bond acceptors (Lipinski definition) is 3. The van der Waals surface area contributed by atoms with Gasteiger partial charge < -0.3 is 9.64 Å². The first kappa shape index (κ1) is 13.3. The highest BCUT2D eigenvalue weighted by Crippen LogP contribution is 2.26. The molecule has 100 valence electrons. The zero-order valence-corrected chi connectivity index (χ0v) is 11.9. The molecule has 0 bridgehead atoms. The van der Waals surface area contributed by atoms with Crippen LogP contribution in [0.1, 0.15) is 39.2 Å². The van der Waals surface area contributed by atoms with Gasteiger partial charge in [0.1, 0.15) is 5.82 Å². The van der Waals surface area contributed by atoms with E-state index in [1.165, 1.54) is 5.56 Å². The molecule has 1 aliphatic rings. The van der Waals surface area contributed by atoms with Gasteiger partial charge in [0.15, 0.2) is 0 Å². The van der Waals surface area contributed by atoms with Crippen molar-refractivity contribution in [2.45, 2.75) is 45.1 Å². The van der Waals surface area contributed by atoms with Gasteiger partial charge in [-0.25, -0.2) is 4.98 Å². The second-order valence-corrected chi connectivity index (χ2v) is 6.11. The number of anilines is 1. The zero-order valence-electron chi connectivity index (χ0n) is 11.9. The fraction of sp³-hybridized carbons (Fsp3) is 0.667. The first-order chi connectivity index (χ1) is 8.48. The summed E-state index contributed by atoms with van der Waals surface area (Å²) in [5, 5.41) is 0. The highest BCUT2D eigenvalue weighted by atomic mass is 16.5. The normalized spacial score (nSPS) is 17.8. The molecule has 0 saturated carbocycles. The van der Waals surface area contributed by atoms with Crippen molar-refractivity contribution >= 4 is 5.82 Å². The maximum atomic E-state index is 5.42. The average Bonchev–Trinajstić information content (AvgIpc) is 2.38. The summed E-state index contributed by atoms with van der Waals surface area (Å²) in [6, 6.07) is 4.89. The highest BCUT2D eigenvalue weighted by Gasteiger charge is 2.21. The molecule has 0 amide bonds. The van der Waals surface area contributed by atoms with Gasteiger partial charge in [0, 0.05) is 32.5 Å². The molecular formula is C15H24N2O. The van der Waals surface area contributed by atoms with Crippen molar-refractivity contribution < 1.29 is 4.74 Å². The zero-order chi connectivity index (χ0) is 13.2. The van der Waals surface area contributed by atoms with Crippen LogP contribution in [0.3, 0.4) is 0 Å². The number of rotatable bonds is 2. The van der Waals surface area contributed by atoms with E-state index < -0.39 is 0 Å². The van der Waals surface area contributed by atoms with Crippen molar-refractivity contribution in [2.24, 2.45) is 0 Å². The van der Waals surface area contributed by atoms with Crippen LogP contribution in [0.5, 0.6) is 0 Å². The van der Waals surface area contributed by atoms with Crippen LogP contribution in [0.4, 0.5) is 5.82 Å². The summed E-state index contributed by atoms with van der Waals surface area (Å²) in [7, 11) is 2.14. The van der Waals surface area contributed by atoms with Crippen LogP contribution in [0.25, 0.3) is 0 Å². The third-order valence-electron chi connectivity index (χ3n) is 3.71. The molecule has 0 unspecified atom stereocenters. The highest BCUT2D eigenvalue weighted by molar-refractivity contribution is 5.43. The largest absolute Gasteiger partial charge is 0.381 e. The molecule has 18 heavy (non-hydrogen) atoms. The van der Waals surface area contributed by atoms with E-state index in [9.17, 15) is 0 Å². The van der Waals surface area contributed by atoms with Crippen molar-refractivity contribution in [2.75, 3.05) is 25.2 Å². The van der Waals surface area contributed by atoms with Crippen LogP contribution >= 0.6 is 0 Å². The Morgan fingerprint density at radius 1 is 1.28 bits per heavy atom. The third-order valence-corrected chi connectivity index (χ3v) is 3.71. The van der Waals surface area contributed by atoms with Gasteiger partial charge in [0.2, 0.25) is 0 Å². The van der Waals surface area contributed by atoms with Crippen molar-refractivity contribution in [3.63, 3.8) is 0 Å². The van der Waals surface area contributed by atoms with E-state index in [1.54, 1.807) is 0 Å². The predicted molar refractivity (Wildman–Crippen MR) is 75.2 cm³/mol. The Balaban J connectivity index is 2.17. The predicted octanol–water partition coefficient (Wildman–Crippen LogP) is 2.99. The number of pyridine rings is 1. The number of nitrogens with zero attached hydrogens (tertiary/aromatic N) is 2. The molecule has 1 aliphatic heterocycles. The molecule has 0 radical (unpaired) electrons. The molecule has 0 N–H and O–H groups in total. The average molecular weight is 248 g/mol. The second-order valence-electron chi connectivity index (χ2n) is 6.11. The van der Waals surface area contributed by atoms with Gasteiger partial charge in [0.25, 0.3) is 0 Å². The summed E-state index contributed by atoms with van der Waals surface area (Å²) >= 11 is 0. The summed E-state index contributed by atoms with van der Waals surface area (Å²) < 4.78 is 5.42. The smallest absolute Gasteiger partial charge is 0.128 e.